The monoisotopic (exact) mass is 295 g/mol. The van der Waals surface area contributed by atoms with Gasteiger partial charge in [-0.1, -0.05) is 47.1 Å². The number of carbonyl (C=O) groups excluding carboxylic acids is 1. The van der Waals surface area contributed by atoms with E-state index in [4.69, 9.17) is 0 Å². The second-order valence-corrected chi connectivity index (χ2v) is 6.23. The number of hydrogen-bond donors (Lipinski definition) is 1. The molecule has 2 atom stereocenters. The Morgan fingerprint density at radius 1 is 1.53 bits per heavy atom. The van der Waals surface area contributed by atoms with E-state index in [0.29, 0.717) is 4.83 Å². The molecular formula is C14H18BrNO. The summed E-state index contributed by atoms with van der Waals surface area (Å²) < 4.78 is 0. The molecule has 2 rings (SSSR count). The van der Waals surface area contributed by atoms with Crippen LogP contribution in [0.1, 0.15) is 36.8 Å². The van der Waals surface area contributed by atoms with Crippen molar-refractivity contribution >= 4 is 21.8 Å². The van der Waals surface area contributed by atoms with Crippen molar-refractivity contribution in [2.45, 2.75) is 36.9 Å². The van der Waals surface area contributed by atoms with Gasteiger partial charge in [0.05, 0.1) is 5.92 Å². The van der Waals surface area contributed by atoms with E-state index in [-0.39, 0.29) is 11.8 Å². The average Bonchev–Trinajstić information content (AvgIpc) is 2.26. The Morgan fingerprint density at radius 3 is 3.00 bits per heavy atom. The number of rotatable bonds is 5. The van der Waals surface area contributed by atoms with Gasteiger partial charge < -0.3 is 5.32 Å². The van der Waals surface area contributed by atoms with Crippen molar-refractivity contribution in [3.05, 3.63) is 35.4 Å². The van der Waals surface area contributed by atoms with Gasteiger partial charge in [0, 0.05) is 11.4 Å². The Labute approximate surface area is 111 Å². The van der Waals surface area contributed by atoms with Gasteiger partial charge in [-0.15, -0.1) is 0 Å². The summed E-state index contributed by atoms with van der Waals surface area (Å²) in [4.78, 5) is 12.4. The van der Waals surface area contributed by atoms with Crippen molar-refractivity contribution in [2.75, 3.05) is 6.54 Å². The molecule has 0 aliphatic heterocycles. The van der Waals surface area contributed by atoms with Crippen LogP contribution in [0.2, 0.25) is 0 Å². The molecule has 2 nitrogen and oxygen atoms in total. The summed E-state index contributed by atoms with van der Waals surface area (Å²) in [6, 6.07) is 8.20. The van der Waals surface area contributed by atoms with Gasteiger partial charge in [0.15, 0.2) is 0 Å². The van der Waals surface area contributed by atoms with Gasteiger partial charge in [-0.2, -0.15) is 0 Å². The Balaban J connectivity index is 1.76. The lowest BCUT2D eigenvalue weighted by atomic mass is 9.77. The smallest absolute Gasteiger partial charge is 0.227 e. The predicted molar refractivity (Wildman–Crippen MR) is 73.5 cm³/mol. The molecule has 17 heavy (non-hydrogen) atoms. The zero-order chi connectivity index (χ0) is 12.3. The molecule has 2 unspecified atom stereocenters. The standard InChI is InChI=1S/C14H18BrNO/c1-10(15)5-4-8-16-14(17)13-9-11-6-2-3-7-12(11)13/h2-3,6-7,10,13H,4-5,8-9H2,1H3,(H,16,17). The average molecular weight is 296 g/mol. The van der Waals surface area contributed by atoms with Gasteiger partial charge >= 0.3 is 0 Å². The first-order valence-corrected chi connectivity index (χ1v) is 7.09. The quantitative estimate of drug-likeness (QED) is 0.657. The molecule has 3 heteroatoms. The van der Waals surface area contributed by atoms with E-state index < -0.39 is 0 Å². The first kappa shape index (κ1) is 12.6. The molecule has 1 aliphatic rings. The number of amides is 1. The Bertz CT molecular complexity index is 403. The third-order valence-corrected chi connectivity index (χ3v) is 3.71. The minimum atomic E-state index is 0.0904. The normalized spacial score (nSPS) is 19.1. The summed E-state index contributed by atoms with van der Waals surface area (Å²) in [7, 11) is 0. The summed E-state index contributed by atoms with van der Waals surface area (Å²) in [6.07, 6.45) is 3.03. The molecule has 1 aromatic carbocycles. The molecule has 1 N–H and O–H groups in total. The summed E-state index contributed by atoms with van der Waals surface area (Å²) in [5.41, 5.74) is 2.53. The fourth-order valence-electron chi connectivity index (χ4n) is 2.21. The lowest BCUT2D eigenvalue weighted by Gasteiger charge is -2.28. The molecule has 1 amide bonds. The van der Waals surface area contributed by atoms with Crippen LogP contribution >= 0.6 is 15.9 Å². The highest BCUT2D eigenvalue weighted by molar-refractivity contribution is 9.09. The first-order chi connectivity index (χ1) is 8.18. The molecular weight excluding hydrogens is 278 g/mol. The number of nitrogens with one attached hydrogen (secondary N) is 1. The number of alkyl halides is 1. The third kappa shape index (κ3) is 3.09. The van der Waals surface area contributed by atoms with E-state index in [2.05, 4.69) is 40.3 Å². The fourth-order valence-corrected chi connectivity index (χ4v) is 2.53. The number of halogens is 1. The highest BCUT2D eigenvalue weighted by Crippen LogP contribution is 2.34. The van der Waals surface area contributed by atoms with E-state index in [1.807, 2.05) is 12.1 Å². The highest BCUT2D eigenvalue weighted by Gasteiger charge is 2.31. The van der Waals surface area contributed by atoms with Crippen LogP contribution in [0.4, 0.5) is 0 Å². The fraction of sp³-hybridized carbons (Fsp3) is 0.500. The van der Waals surface area contributed by atoms with Crippen LogP contribution in [0.3, 0.4) is 0 Å². The van der Waals surface area contributed by atoms with Crippen LogP contribution in [-0.4, -0.2) is 17.3 Å². The van der Waals surface area contributed by atoms with Crippen molar-refractivity contribution < 1.29 is 4.79 Å². The van der Waals surface area contributed by atoms with E-state index in [1.54, 1.807) is 0 Å². The zero-order valence-corrected chi connectivity index (χ0v) is 11.7. The van der Waals surface area contributed by atoms with E-state index in [1.165, 1.54) is 11.1 Å². The molecule has 0 spiro atoms. The van der Waals surface area contributed by atoms with Gasteiger partial charge in [0.1, 0.15) is 0 Å². The summed E-state index contributed by atoms with van der Waals surface area (Å²) in [5.74, 6) is 0.276. The van der Waals surface area contributed by atoms with Crippen molar-refractivity contribution in [1.29, 1.82) is 0 Å². The topological polar surface area (TPSA) is 29.1 Å². The lowest BCUT2D eigenvalue weighted by molar-refractivity contribution is -0.123. The van der Waals surface area contributed by atoms with Crippen LogP contribution < -0.4 is 5.32 Å². The maximum atomic E-state index is 11.9. The molecule has 0 fully saturated rings. The number of benzene rings is 1. The van der Waals surface area contributed by atoms with Crippen molar-refractivity contribution in [1.82, 2.24) is 5.32 Å². The van der Waals surface area contributed by atoms with Gasteiger partial charge in [0.25, 0.3) is 0 Å². The predicted octanol–water partition coefficient (Wildman–Crippen LogP) is 3.01. The second kappa shape index (κ2) is 5.67. The number of carbonyl (C=O) groups is 1. The summed E-state index contributed by atoms with van der Waals surface area (Å²) >= 11 is 3.50. The van der Waals surface area contributed by atoms with Crippen LogP contribution in [0.25, 0.3) is 0 Å². The van der Waals surface area contributed by atoms with E-state index in [0.717, 1.165) is 25.8 Å². The molecule has 92 valence electrons. The Kier molecular flexibility index (Phi) is 4.21. The van der Waals surface area contributed by atoms with Crippen molar-refractivity contribution in [3.63, 3.8) is 0 Å². The number of fused-ring (bicyclic) bond motifs is 1. The lowest BCUT2D eigenvalue weighted by Crippen LogP contribution is -2.36. The van der Waals surface area contributed by atoms with Crippen LogP contribution in [0.5, 0.6) is 0 Å². The maximum Gasteiger partial charge on any atom is 0.227 e. The molecule has 0 bridgehead atoms. The minimum Gasteiger partial charge on any atom is -0.356 e. The van der Waals surface area contributed by atoms with Crippen LogP contribution in [0.15, 0.2) is 24.3 Å². The first-order valence-electron chi connectivity index (χ1n) is 6.18. The van der Waals surface area contributed by atoms with Gasteiger partial charge in [-0.3, -0.25) is 4.79 Å². The molecule has 1 aromatic rings. The highest BCUT2D eigenvalue weighted by atomic mass is 79.9. The minimum absolute atomic E-state index is 0.0904. The van der Waals surface area contributed by atoms with Gasteiger partial charge in [-0.25, -0.2) is 0 Å². The Hall–Kier alpha value is -0.830. The molecule has 0 radical (unpaired) electrons. The molecule has 1 aliphatic carbocycles. The summed E-state index contributed by atoms with van der Waals surface area (Å²) in [5, 5.41) is 3.02. The molecule has 0 saturated heterocycles. The van der Waals surface area contributed by atoms with Crippen molar-refractivity contribution in [3.8, 4) is 0 Å². The number of hydrogen-bond acceptors (Lipinski definition) is 1. The second-order valence-electron chi connectivity index (χ2n) is 4.67. The zero-order valence-electron chi connectivity index (χ0n) is 10.1. The molecule has 0 aromatic heterocycles. The Morgan fingerprint density at radius 2 is 2.29 bits per heavy atom. The van der Waals surface area contributed by atoms with E-state index in [9.17, 15) is 4.79 Å². The third-order valence-electron chi connectivity index (χ3n) is 3.25. The SMILES string of the molecule is CC(Br)CCCNC(=O)C1Cc2ccccc21. The van der Waals surface area contributed by atoms with Crippen LogP contribution in [0, 0.1) is 0 Å². The maximum absolute atomic E-state index is 11.9. The summed E-state index contributed by atoms with van der Waals surface area (Å²) in [6.45, 7) is 2.91. The molecule has 0 saturated carbocycles. The van der Waals surface area contributed by atoms with Gasteiger partial charge in [0.2, 0.25) is 5.91 Å². The van der Waals surface area contributed by atoms with Gasteiger partial charge in [-0.05, 0) is 30.4 Å². The van der Waals surface area contributed by atoms with Crippen LogP contribution in [-0.2, 0) is 11.2 Å². The van der Waals surface area contributed by atoms with E-state index >= 15 is 0 Å². The largest absolute Gasteiger partial charge is 0.356 e. The molecule has 0 heterocycles. The van der Waals surface area contributed by atoms with Crippen molar-refractivity contribution in [2.24, 2.45) is 0 Å².